The minimum atomic E-state index is -0.152. The molecule has 0 unspecified atom stereocenters. The summed E-state index contributed by atoms with van der Waals surface area (Å²) in [5, 5.41) is 12.2. The Kier molecular flexibility index (Phi) is 7.25. The van der Waals surface area contributed by atoms with E-state index in [0.29, 0.717) is 30.9 Å². The van der Waals surface area contributed by atoms with Gasteiger partial charge in [0.15, 0.2) is 0 Å². The van der Waals surface area contributed by atoms with E-state index in [2.05, 4.69) is 11.4 Å². The summed E-state index contributed by atoms with van der Waals surface area (Å²) in [6, 6.07) is 26.9. The maximum atomic E-state index is 12.6. The predicted molar refractivity (Wildman–Crippen MR) is 110 cm³/mol. The van der Waals surface area contributed by atoms with Gasteiger partial charge in [-0.1, -0.05) is 66.4 Å². The number of rotatable bonds is 8. The van der Waals surface area contributed by atoms with Crippen molar-refractivity contribution in [3.63, 3.8) is 0 Å². The highest BCUT2D eigenvalue weighted by molar-refractivity contribution is 7.99. The van der Waals surface area contributed by atoms with Gasteiger partial charge in [0.25, 0.3) is 5.91 Å². The molecule has 0 aliphatic rings. The number of carbonyl (C=O) groups excluding carboxylic acids is 1. The molecule has 4 nitrogen and oxygen atoms in total. The molecule has 0 saturated carbocycles. The number of benzene rings is 3. The van der Waals surface area contributed by atoms with Gasteiger partial charge in [-0.2, -0.15) is 5.26 Å². The molecule has 3 aromatic rings. The molecule has 5 heteroatoms. The van der Waals surface area contributed by atoms with Crippen LogP contribution in [-0.4, -0.2) is 19.1 Å². The van der Waals surface area contributed by atoms with Crippen LogP contribution in [-0.2, 0) is 11.3 Å². The van der Waals surface area contributed by atoms with Crippen LogP contribution in [0.1, 0.15) is 21.5 Å². The topological polar surface area (TPSA) is 62.1 Å². The Hall–Kier alpha value is -3.07. The van der Waals surface area contributed by atoms with Crippen LogP contribution in [0.5, 0.6) is 0 Å². The highest BCUT2D eigenvalue weighted by atomic mass is 32.2. The van der Waals surface area contributed by atoms with Crippen LogP contribution in [0.3, 0.4) is 0 Å². The molecule has 0 aliphatic heterocycles. The minimum Gasteiger partial charge on any atom is -0.375 e. The predicted octanol–water partition coefficient (Wildman–Crippen LogP) is 4.66. The number of hydrogen-bond acceptors (Lipinski definition) is 4. The lowest BCUT2D eigenvalue weighted by Crippen LogP contribution is -2.27. The van der Waals surface area contributed by atoms with Gasteiger partial charge in [-0.3, -0.25) is 4.79 Å². The monoisotopic (exact) mass is 388 g/mol. The first-order valence-corrected chi connectivity index (χ1v) is 9.75. The second kappa shape index (κ2) is 10.3. The Morgan fingerprint density at radius 1 is 0.929 bits per heavy atom. The number of amides is 1. The lowest BCUT2D eigenvalue weighted by molar-refractivity contribution is 0.0898. The first-order chi connectivity index (χ1) is 13.8. The number of nitrogens with one attached hydrogen (secondary N) is 1. The quantitative estimate of drug-likeness (QED) is 0.570. The van der Waals surface area contributed by atoms with Crippen LogP contribution in [0.4, 0.5) is 0 Å². The van der Waals surface area contributed by atoms with Gasteiger partial charge in [-0.15, -0.1) is 0 Å². The number of hydrogen-bond donors (Lipinski definition) is 1. The SMILES string of the molecule is N#Cc1ccccc1Sc1ccccc1C(=O)NCCOCc1ccccc1. The number of nitrogens with zero attached hydrogens (tertiary/aromatic N) is 1. The van der Waals surface area contributed by atoms with Gasteiger partial charge in [0.2, 0.25) is 0 Å². The summed E-state index contributed by atoms with van der Waals surface area (Å²) in [5.74, 6) is -0.152. The third-order valence-corrected chi connectivity index (χ3v) is 5.15. The van der Waals surface area contributed by atoms with Crippen molar-refractivity contribution in [2.45, 2.75) is 16.4 Å². The molecule has 0 fully saturated rings. The third-order valence-electron chi connectivity index (χ3n) is 4.00. The van der Waals surface area contributed by atoms with Crippen LogP contribution in [0.2, 0.25) is 0 Å². The zero-order valence-corrected chi connectivity index (χ0v) is 16.1. The van der Waals surface area contributed by atoms with Crippen LogP contribution in [0.25, 0.3) is 0 Å². The molecule has 0 saturated heterocycles. The van der Waals surface area contributed by atoms with Gasteiger partial charge in [-0.05, 0) is 29.8 Å². The Morgan fingerprint density at radius 2 is 1.61 bits per heavy atom. The summed E-state index contributed by atoms with van der Waals surface area (Å²) in [6.07, 6.45) is 0. The summed E-state index contributed by atoms with van der Waals surface area (Å²) >= 11 is 1.42. The van der Waals surface area contributed by atoms with Crippen molar-refractivity contribution in [2.75, 3.05) is 13.2 Å². The number of carbonyl (C=O) groups is 1. The average Bonchev–Trinajstić information content (AvgIpc) is 2.75. The van der Waals surface area contributed by atoms with Crippen molar-refractivity contribution >= 4 is 17.7 Å². The van der Waals surface area contributed by atoms with Crippen LogP contribution < -0.4 is 5.32 Å². The fourth-order valence-electron chi connectivity index (χ4n) is 2.61. The first-order valence-electron chi connectivity index (χ1n) is 8.94. The van der Waals surface area contributed by atoms with Crippen LogP contribution in [0, 0.1) is 11.3 Å². The molecule has 1 N–H and O–H groups in total. The number of nitriles is 1. The molecule has 0 bridgehead atoms. The molecule has 0 aliphatic carbocycles. The van der Waals surface area contributed by atoms with Gasteiger partial charge in [0, 0.05) is 16.3 Å². The molecule has 0 radical (unpaired) electrons. The smallest absolute Gasteiger partial charge is 0.252 e. The Bertz CT molecular complexity index is 968. The number of ether oxygens (including phenoxy) is 1. The van der Waals surface area contributed by atoms with Crippen molar-refractivity contribution in [1.82, 2.24) is 5.32 Å². The summed E-state index contributed by atoms with van der Waals surface area (Å²) in [7, 11) is 0. The highest BCUT2D eigenvalue weighted by Gasteiger charge is 2.13. The average molecular weight is 388 g/mol. The first kappa shape index (κ1) is 19.7. The van der Waals surface area contributed by atoms with Crippen molar-refractivity contribution < 1.29 is 9.53 Å². The molecule has 0 heterocycles. The highest BCUT2D eigenvalue weighted by Crippen LogP contribution is 2.32. The zero-order chi connectivity index (χ0) is 19.6. The molecule has 0 spiro atoms. The summed E-state index contributed by atoms with van der Waals surface area (Å²) in [4.78, 5) is 14.2. The molecular formula is C23H20N2O2S. The minimum absolute atomic E-state index is 0.152. The molecule has 0 atom stereocenters. The normalized spacial score (nSPS) is 10.2. The second-order valence-corrected chi connectivity index (χ2v) is 7.08. The fraction of sp³-hybridized carbons (Fsp3) is 0.130. The van der Waals surface area contributed by atoms with E-state index >= 15 is 0 Å². The van der Waals surface area contributed by atoms with E-state index in [9.17, 15) is 10.1 Å². The maximum Gasteiger partial charge on any atom is 0.252 e. The molecular weight excluding hydrogens is 368 g/mol. The Morgan fingerprint density at radius 3 is 2.39 bits per heavy atom. The second-order valence-electron chi connectivity index (χ2n) is 6.00. The summed E-state index contributed by atoms with van der Waals surface area (Å²) in [6.45, 7) is 1.39. The van der Waals surface area contributed by atoms with Crippen molar-refractivity contribution in [2.24, 2.45) is 0 Å². The van der Waals surface area contributed by atoms with E-state index in [4.69, 9.17) is 4.74 Å². The summed E-state index contributed by atoms with van der Waals surface area (Å²) < 4.78 is 5.61. The Labute approximate surface area is 169 Å². The molecule has 28 heavy (non-hydrogen) atoms. The van der Waals surface area contributed by atoms with Crippen LogP contribution >= 0.6 is 11.8 Å². The summed E-state index contributed by atoms with van der Waals surface area (Å²) in [5.41, 5.74) is 2.28. The fourth-order valence-corrected chi connectivity index (χ4v) is 3.63. The zero-order valence-electron chi connectivity index (χ0n) is 15.3. The van der Waals surface area contributed by atoms with Crippen LogP contribution in [0.15, 0.2) is 88.7 Å². The van der Waals surface area contributed by atoms with E-state index in [0.717, 1.165) is 15.4 Å². The molecule has 140 valence electrons. The lowest BCUT2D eigenvalue weighted by Gasteiger charge is -2.11. The molecule has 0 aromatic heterocycles. The van der Waals surface area contributed by atoms with Crippen molar-refractivity contribution in [3.8, 4) is 6.07 Å². The van der Waals surface area contributed by atoms with Gasteiger partial charge < -0.3 is 10.1 Å². The largest absolute Gasteiger partial charge is 0.375 e. The molecule has 1 amide bonds. The lowest BCUT2D eigenvalue weighted by atomic mass is 10.2. The van der Waals surface area contributed by atoms with Crippen molar-refractivity contribution in [1.29, 1.82) is 5.26 Å². The van der Waals surface area contributed by atoms with E-state index in [1.54, 1.807) is 12.1 Å². The maximum absolute atomic E-state index is 12.6. The van der Waals surface area contributed by atoms with Gasteiger partial charge in [-0.25, -0.2) is 0 Å². The van der Waals surface area contributed by atoms with Crippen molar-refractivity contribution in [3.05, 3.63) is 95.6 Å². The van der Waals surface area contributed by atoms with E-state index in [1.165, 1.54) is 11.8 Å². The van der Waals surface area contributed by atoms with Gasteiger partial charge in [0.1, 0.15) is 6.07 Å². The molecule has 3 rings (SSSR count). The van der Waals surface area contributed by atoms with Gasteiger partial charge >= 0.3 is 0 Å². The van der Waals surface area contributed by atoms with E-state index < -0.39 is 0 Å². The van der Waals surface area contributed by atoms with Gasteiger partial charge in [0.05, 0.1) is 24.3 Å². The van der Waals surface area contributed by atoms with E-state index in [1.807, 2.05) is 66.7 Å². The molecule has 3 aromatic carbocycles. The Balaban J connectivity index is 1.56. The third kappa shape index (κ3) is 5.46. The standard InChI is InChI=1S/C23H20N2O2S/c24-16-19-10-4-6-12-21(19)28-22-13-7-5-11-20(22)23(26)25-14-15-27-17-18-8-2-1-3-9-18/h1-13H,14-15,17H2,(H,25,26). The van der Waals surface area contributed by atoms with E-state index in [-0.39, 0.29) is 5.91 Å².